The van der Waals surface area contributed by atoms with Crippen molar-refractivity contribution >= 4 is 0 Å². The maximum Gasteiger partial charge on any atom is 0.187 e. The molecule has 4 saturated heterocycles. The molecule has 4 saturated carbocycles. The Hall–Kier alpha value is -1.14. The van der Waals surface area contributed by atoms with E-state index in [0.29, 0.717) is 25.7 Å². The molecule has 22 nitrogen and oxygen atoms in total. The lowest BCUT2D eigenvalue weighted by Crippen LogP contribution is -2.67. The summed E-state index contributed by atoms with van der Waals surface area (Å²) in [5, 5.41) is 151. The maximum absolute atomic E-state index is 11.9. The van der Waals surface area contributed by atoms with Crippen LogP contribution < -0.4 is 0 Å². The minimum atomic E-state index is -1.82. The third-order valence-electron chi connectivity index (χ3n) is 20.6. The Morgan fingerprint density at radius 3 is 1.74 bits per heavy atom. The summed E-state index contributed by atoms with van der Waals surface area (Å²) in [5.41, 5.74) is -1.47. The molecule has 4 heterocycles. The molecule has 22 heteroatoms. The van der Waals surface area contributed by atoms with Crippen LogP contribution in [0.3, 0.4) is 0 Å². The molecule has 8 aliphatic rings. The second-order valence-corrected chi connectivity index (χ2v) is 25.5. The van der Waals surface area contributed by atoms with Crippen molar-refractivity contribution in [3.05, 3.63) is 11.6 Å². The highest BCUT2D eigenvalue weighted by Crippen LogP contribution is 2.75. The molecule has 0 aromatic carbocycles. The zero-order chi connectivity index (χ0) is 55.8. The summed E-state index contributed by atoms with van der Waals surface area (Å²) in [6.45, 7) is 14.7. The Bertz CT molecular complexity index is 1960. The largest absolute Gasteiger partial charge is 0.396 e. The number of fused-ring (bicyclic) bond motifs is 5. The van der Waals surface area contributed by atoms with Gasteiger partial charge in [-0.2, -0.15) is 0 Å². The Morgan fingerprint density at radius 1 is 0.553 bits per heavy atom. The third kappa shape index (κ3) is 10.7. The highest BCUT2D eigenvalue weighted by atomic mass is 16.8. The Labute approximate surface area is 445 Å². The van der Waals surface area contributed by atoms with Crippen LogP contribution in [0, 0.1) is 45.3 Å². The van der Waals surface area contributed by atoms with Crippen molar-refractivity contribution in [3.63, 3.8) is 0 Å². The summed E-state index contributed by atoms with van der Waals surface area (Å²) in [5.74, 6) is 0.175. The van der Waals surface area contributed by atoms with Gasteiger partial charge in [0.15, 0.2) is 25.2 Å². The third-order valence-corrected chi connectivity index (χ3v) is 20.6. The fourth-order valence-electron chi connectivity index (χ4n) is 16.5. The Balaban J connectivity index is 1.01. The SMILES string of the molecule is CC(C)=CCC[C@](C)(O[C@@H]1O[C@H](CO[C@@H]2O[C@@H](C)[C@H](O)[C@@H](O)[C@H]2O)[C@@H](O)[C@H](O)[C@H]1O)[C@H]1CC[C@H]2[C@]3(C)CC[C@H]4C(C)(C)[C@@H](O[C@@H]5O[C@H](CO)[C@@H](O)[C@H](O)[C@H]5O[C@@H]5O[C@H](CO)[C@@H](O)[C@H](O)[C@H]5O)CC[C@]4(CO)[C@H]3CC[C@@]21C. The first-order chi connectivity index (χ1) is 35.6. The van der Waals surface area contributed by atoms with E-state index in [1.54, 1.807) is 0 Å². The van der Waals surface area contributed by atoms with Crippen molar-refractivity contribution in [2.24, 2.45) is 45.3 Å². The minimum Gasteiger partial charge on any atom is -0.396 e. The van der Waals surface area contributed by atoms with Gasteiger partial charge in [0, 0.05) is 12.0 Å². The lowest BCUT2D eigenvalue weighted by atomic mass is 9.36. The number of aliphatic hydroxyl groups is 14. The molecule has 4 aliphatic heterocycles. The van der Waals surface area contributed by atoms with E-state index in [9.17, 15) is 71.5 Å². The molecule has 0 spiro atoms. The molecule has 8 fully saturated rings. The molecule has 440 valence electrons. The van der Waals surface area contributed by atoms with Crippen molar-refractivity contribution in [3.8, 4) is 0 Å². The number of hydrogen-bond acceptors (Lipinski definition) is 22. The quantitative estimate of drug-likeness (QED) is 0.0639. The molecule has 0 aromatic heterocycles. The van der Waals surface area contributed by atoms with Gasteiger partial charge in [-0.25, -0.2) is 0 Å². The van der Waals surface area contributed by atoms with E-state index in [0.717, 1.165) is 44.1 Å². The lowest BCUT2D eigenvalue weighted by molar-refractivity contribution is -0.379. The number of ether oxygens (including phenoxy) is 8. The first-order valence-corrected chi connectivity index (χ1v) is 27.8. The number of allylic oxidation sites excluding steroid dienone is 2. The van der Waals surface area contributed by atoms with Crippen molar-refractivity contribution in [2.75, 3.05) is 26.4 Å². The average molecular weight is 1090 g/mol. The Kier molecular flexibility index (Phi) is 18.6. The molecule has 0 aromatic rings. The van der Waals surface area contributed by atoms with Crippen molar-refractivity contribution in [1.82, 2.24) is 0 Å². The number of aliphatic hydroxyl groups excluding tert-OH is 14. The van der Waals surface area contributed by atoms with Gasteiger partial charge in [0.1, 0.15) is 91.6 Å². The van der Waals surface area contributed by atoms with Crippen LogP contribution in [0.25, 0.3) is 0 Å². The molecule has 0 unspecified atom stereocenters. The monoisotopic (exact) mass is 1090 g/mol. The maximum atomic E-state index is 11.9. The van der Waals surface area contributed by atoms with E-state index in [1.807, 2.05) is 20.8 Å². The molecule has 76 heavy (non-hydrogen) atoms. The van der Waals surface area contributed by atoms with E-state index in [-0.39, 0.29) is 41.1 Å². The van der Waals surface area contributed by atoms with Crippen LogP contribution in [0.2, 0.25) is 0 Å². The summed E-state index contributed by atoms with van der Waals surface area (Å²) in [4.78, 5) is 0. The van der Waals surface area contributed by atoms with Crippen LogP contribution in [0.5, 0.6) is 0 Å². The normalized spacial score (nSPS) is 52.2. The fraction of sp³-hybridized carbons (Fsp3) is 0.963. The Morgan fingerprint density at radius 2 is 1.11 bits per heavy atom. The molecule has 0 radical (unpaired) electrons. The van der Waals surface area contributed by atoms with Gasteiger partial charge < -0.3 is 109 Å². The zero-order valence-corrected chi connectivity index (χ0v) is 45.4. The van der Waals surface area contributed by atoms with Gasteiger partial charge >= 0.3 is 0 Å². The highest BCUT2D eigenvalue weighted by molar-refractivity contribution is 5.19. The second kappa shape index (κ2) is 23.3. The van der Waals surface area contributed by atoms with E-state index >= 15 is 0 Å². The summed E-state index contributed by atoms with van der Waals surface area (Å²) < 4.78 is 49.2. The lowest BCUT2D eigenvalue weighted by Gasteiger charge is -2.69. The predicted molar refractivity (Wildman–Crippen MR) is 265 cm³/mol. The van der Waals surface area contributed by atoms with E-state index < -0.39 is 165 Å². The van der Waals surface area contributed by atoms with Gasteiger partial charge in [0.05, 0.1) is 37.6 Å². The van der Waals surface area contributed by atoms with Crippen molar-refractivity contribution in [2.45, 2.75) is 254 Å². The summed E-state index contributed by atoms with van der Waals surface area (Å²) >= 11 is 0. The topological polar surface area (TPSA) is 357 Å². The summed E-state index contributed by atoms with van der Waals surface area (Å²) in [7, 11) is 0. The van der Waals surface area contributed by atoms with Gasteiger partial charge in [-0.3, -0.25) is 0 Å². The molecule has 4 aliphatic carbocycles. The molecular formula is C54H92O22. The van der Waals surface area contributed by atoms with Crippen LogP contribution in [-0.4, -0.2) is 232 Å². The van der Waals surface area contributed by atoms with Gasteiger partial charge in [-0.1, -0.05) is 39.3 Å². The molecule has 14 N–H and O–H groups in total. The molecule has 0 amide bonds. The molecular weight excluding hydrogens is 1000 g/mol. The van der Waals surface area contributed by atoms with Gasteiger partial charge in [-0.05, 0) is 132 Å². The number of hydrogen-bond donors (Lipinski definition) is 14. The van der Waals surface area contributed by atoms with Gasteiger partial charge in [-0.15, -0.1) is 0 Å². The van der Waals surface area contributed by atoms with Crippen LogP contribution in [0.15, 0.2) is 11.6 Å². The van der Waals surface area contributed by atoms with Crippen LogP contribution in [0.1, 0.15) is 120 Å². The van der Waals surface area contributed by atoms with E-state index in [2.05, 4.69) is 33.8 Å². The standard InChI is InChI=1S/C54H92O22/c1-24(2)10-9-16-53(8,76-48-44(68)40(64)37(61)28(73-48)22-69-46-42(66)38(62)34(58)25(3)70-46)31-12-11-30-51(31,6)18-14-32-52(30,7)17-13-29-50(4,5)33(15-19-54(29,32)23-57)74-49-45(41(65)36(60)27(21-56)72-49)75-47-43(67)39(63)35(59)26(20-55)71-47/h10,25-49,55-68H,9,11-23H2,1-8H3/t25-,26+,27+,28+,29-,30+,31-,32-,33-,34-,35+,36+,37+,38+,39-,40-,41-,42+,43+,44+,45+,46+,47-,48-,49-,51-,52-,53-,54+/m0/s1. The predicted octanol–water partition coefficient (Wildman–Crippen LogP) is -1.17. The van der Waals surface area contributed by atoms with Crippen molar-refractivity contribution < 1.29 is 109 Å². The summed E-state index contributed by atoms with van der Waals surface area (Å²) in [6.07, 6.45) is -21.5. The van der Waals surface area contributed by atoms with E-state index in [1.165, 1.54) is 6.92 Å². The minimum absolute atomic E-state index is 0.0587. The molecule has 29 atom stereocenters. The molecule has 0 bridgehead atoms. The van der Waals surface area contributed by atoms with Crippen LogP contribution in [-0.2, 0) is 37.9 Å². The number of rotatable bonds is 16. The van der Waals surface area contributed by atoms with Gasteiger partial charge in [0.25, 0.3) is 0 Å². The van der Waals surface area contributed by atoms with Gasteiger partial charge in [0.2, 0.25) is 0 Å². The molecule has 8 rings (SSSR count). The smallest absolute Gasteiger partial charge is 0.187 e. The zero-order valence-electron chi connectivity index (χ0n) is 45.4. The summed E-state index contributed by atoms with van der Waals surface area (Å²) in [6, 6.07) is 0. The van der Waals surface area contributed by atoms with Crippen LogP contribution >= 0.6 is 0 Å². The van der Waals surface area contributed by atoms with E-state index in [4.69, 9.17) is 37.9 Å². The average Bonchev–Trinajstić information content (AvgIpc) is 3.97. The van der Waals surface area contributed by atoms with Crippen molar-refractivity contribution in [1.29, 1.82) is 0 Å². The highest BCUT2D eigenvalue weighted by Gasteiger charge is 2.71. The van der Waals surface area contributed by atoms with Crippen LogP contribution in [0.4, 0.5) is 0 Å². The first-order valence-electron chi connectivity index (χ1n) is 27.8. The second-order valence-electron chi connectivity index (χ2n) is 25.5. The first kappa shape index (κ1) is 60.9. The fourth-order valence-corrected chi connectivity index (χ4v) is 16.5.